The maximum Gasteiger partial charge on any atom is 0.217 e. The van der Waals surface area contributed by atoms with Gasteiger partial charge in [0.15, 0.2) is 5.38 Å². The number of aryl methyl sites for hydroxylation is 1. The van der Waals surface area contributed by atoms with Crippen LogP contribution in [0.1, 0.15) is 5.56 Å². The molecule has 0 fully saturated rings. The van der Waals surface area contributed by atoms with Crippen LogP contribution in [-0.4, -0.2) is 4.55 Å². The third kappa shape index (κ3) is 0.951. The van der Waals surface area contributed by atoms with E-state index in [1.165, 1.54) is 10.9 Å². The number of thiophene rings is 1. The summed E-state index contributed by atoms with van der Waals surface area (Å²) in [6.07, 6.45) is 0. The molecule has 11 heavy (non-hydrogen) atoms. The Morgan fingerprint density at radius 3 is 2.73 bits per heavy atom. The van der Waals surface area contributed by atoms with Gasteiger partial charge in [-0.3, -0.25) is 0 Å². The van der Waals surface area contributed by atoms with Gasteiger partial charge in [-0.1, -0.05) is 12.1 Å². The summed E-state index contributed by atoms with van der Waals surface area (Å²) in [4.78, 5) is 0. The molecule has 1 heterocycles. The maximum absolute atomic E-state index is 9.50. The lowest BCUT2D eigenvalue weighted by atomic mass is 10.2. The Labute approximate surface area is 68.1 Å². The molecule has 1 aromatic heterocycles. The Bertz CT molecular complexity index is 353. The van der Waals surface area contributed by atoms with Crippen molar-refractivity contribution in [3.8, 4) is 0 Å². The minimum absolute atomic E-state index is 0.640. The number of hydrogen-bond donors (Lipinski definition) is 1. The van der Waals surface area contributed by atoms with Gasteiger partial charge in [0, 0.05) is 17.0 Å². The molecule has 0 saturated carbocycles. The molecule has 1 nitrogen and oxygen atoms in total. The minimum Gasteiger partial charge on any atom is -0.164 e. The monoisotopic (exact) mass is 165 g/mol. The Balaban J connectivity index is 2.95. The number of hydrogen-bond acceptors (Lipinski definition) is 1. The summed E-state index contributed by atoms with van der Waals surface area (Å²) < 4.78 is 10.6. The minimum atomic E-state index is -0.640. The van der Waals surface area contributed by atoms with E-state index >= 15 is 0 Å². The molecule has 2 heteroatoms. The first-order valence-corrected chi connectivity index (χ1v) is 4.73. The van der Waals surface area contributed by atoms with Crippen LogP contribution >= 0.6 is 10.8 Å². The highest BCUT2D eigenvalue weighted by Crippen LogP contribution is 2.31. The third-order valence-corrected chi connectivity index (χ3v) is 3.21. The van der Waals surface area contributed by atoms with Crippen LogP contribution in [0.5, 0.6) is 0 Å². The van der Waals surface area contributed by atoms with E-state index in [0.717, 1.165) is 4.70 Å². The fraction of sp³-hybridized carbons (Fsp3) is 0.111. The van der Waals surface area contributed by atoms with Crippen molar-refractivity contribution in [1.82, 2.24) is 0 Å². The van der Waals surface area contributed by atoms with Crippen LogP contribution in [0.2, 0.25) is 0 Å². The van der Waals surface area contributed by atoms with Crippen molar-refractivity contribution in [1.29, 1.82) is 0 Å². The Morgan fingerprint density at radius 2 is 2.00 bits per heavy atom. The quantitative estimate of drug-likeness (QED) is 0.595. The van der Waals surface area contributed by atoms with Gasteiger partial charge >= 0.3 is 0 Å². The fourth-order valence-corrected chi connectivity index (χ4v) is 2.53. The molecule has 0 bridgehead atoms. The van der Waals surface area contributed by atoms with E-state index in [-0.39, 0.29) is 0 Å². The average molecular weight is 165 g/mol. The lowest BCUT2D eigenvalue weighted by Crippen LogP contribution is -1.64. The first kappa shape index (κ1) is 6.83. The third-order valence-electron chi connectivity index (χ3n) is 1.83. The van der Waals surface area contributed by atoms with Gasteiger partial charge in [-0.05, 0) is 13.0 Å². The first-order chi connectivity index (χ1) is 5.29. The molecule has 0 radical (unpaired) electrons. The Hall–Kier alpha value is -0.860. The summed E-state index contributed by atoms with van der Waals surface area (Å²) >= 11 is 0. The zero-order chi connectivity index (χ0) is 7.84. The van der Waals surface area contributed by atoms with Gasteiger partial charge in [0.2, 0.25) is 4.70 Å². The molecule has 2 aromatic rings. The molecule has 0 amide bonds. The predicted octanol–water partition coefficient (Wildman–Crippen LogP) is 3.03. The van der Waals surface area contributed by atoms with Crippen molar-refractivity contribution < 1.29 is 4.55 Å². The Morgan fingerprint density at radius 1 is 1.27 bits per heavy atom. The molecular weight excluding hydrogens is 156 g/mol. The van der Waals surface area contributed by atoms with E-state index < -0.39 is 10.8 Å². The summed E-state index contributed by atoms with van der Waals surface area (Å²) in [6, 6.07) is 7.98. The molecular formula is C9H9OS+. The zero-order valence-electron chi connectivity index (χ0n) is 6.24. The number of fused-ring (bicyclic) bond motifs is 1. The van der Waals surface area contributed by atoms with Gasteiger partial charge in [-0.25, -0.2) is 0 Å². The molecule has 0 aliphatic carbocycles. The van der Waals surface area contributed by atoms with Gasteiger partial charge in [0.05, 0.1) is 0 Å². The van der Waals surface area contributed by atoms with Gasteiger partial charge < -0.3 is 0 Å². The van der Waals surface area contributed by atoms with Crippen LogP contribution < -0.4 is 0 Å². The highest BCUT2D eigenvalue weighted by molar-refractivity contribution is 7.30. The van der Waals surface area contributed by atoms with Crippen molar-refractivity contribution >= 4 is 20.8 Å². The summed E-state index contributed by atoms with van der Waals surface area (Å²) in [5.74, 6) is 0. The zero-order valence-corrected chi connectivity index (χ0v) is 7.06. The molecule has 0 aliphatic heterocycles. The van der Waals surface area contributed by atoms with E-state index in [9.17, 15) is 4.55 Å². The lowest BCUT2D eigenvalue weighted by Gasteiger charge is -1.82. The topological polar surface area (TPSA) is 20.2 Å². The highest BCUT2D eigenvalue weighted by Gasteiger charge is 2.12. The van der Waals surface area contributed by atoms with E-state index in [4.69, 9.17) is 0 Å². The van der Waals surface area contributed by atoms with E-state index in [1.807, 2.05) is 36.6 Å². The van der Waals surface area contributed by atoms with Crippen molar-refractivity contribution in [2.24, 2.45) is 0 Å². The molecule has 56 valence electrons. The average Bonchev–Trinajstić information content (AvgIpc) is 2.30. The molecule has 1 unspecified atom stereocenters. The van der Waals surface area contributed by atoms with Crippen molar-refractivity contribution in [3.63, 3.8) is 0 Å². The van der Waals surface area contributed by atoms with E-state index in [2.05, 4.69) is 0 Å². The van der Waals surface area contributed by atoms with Crippen molar-refractivity contribution in [2.75, 3.05) is 0 Å². The lowest BCUT2D eigenvalue weighted by molar-refractivity contribution is 0.645. The van der Waals surface area contributed by atoms with Crippen LogP contribution in [0, 0.1) is 6.92 Å². The molecule has 1 aromatic carbocycles. The molecule has 1 atom stereocenters. The second kappa shape index (κ2) is 2.32. The second-order valence-electron chi connectivity index (χ2n) is 2.61. The summed E-state index contributed by atoms with van der Waals surface area (Å²) in [5, 5.41) is 3.10. The first-order valence-electron chi connectivity index (χ1n) is 3.49. The normalized spacial score (nSPS) is 12.4. The molecule has 1 N–H and O–H groups in total. The fourth-order valence-electron chi connectivity index (χ4n) is 1.27. The van der Waals surface area contributed by atoms with Crippen LogP contribution in [0.25, 0.3) is 10.1 Å². The molecule has 2 rings (SSSR count). The van der Waals surface area contributed by atoms with Crippen LogP contribution in [-0.2, 0) is 0 Å². The SMILES string of the molecule is Cc1c[s+](O)c2ccccc12. The summed E-state index contributed by atoms with van der Waals surface area (Å²) in [5.41, 5.74) is 1.19. The van der Waals surface area contributed by atoms with Crippen LogP contribution in [0.3, 0.4) is 0 Å². The summed E-state index contributed by atoms with van der Waals surface area (Å²) in [6.45, 7) is 2.03. The van der Waals surface area contributed by atoms with Gasteiger partial charge in [0.1, 0.15) is 10.8 Å². The van der Waals surface area contributed by atoms with Crippen LogP contribution in [0.15, 0.2) is 29.6 Å². The van der Waals surface area contributed by atoms with Crippen molar-refractivity contribution in [3.05, 3.63) is 35.2 Å². The maximum atomic E-state index is 9.50. The van der Waals surface area contributed by atoms with Gasteiger partial charge in [-0.2, -0.15) is 4.55 Å². The van der Waals surface area contributed by atoms with Gasteiger partial charge in [-0.15, -0.1) is 0 Å². The predicted molar refractivity (Wildman–Crippen MR) is 48.5 cm³/mol. The van der Waals surface area contributed by atoms with Crippen molar-refractivity contribution in [2.45, 2.75) is 6.92 Å². The Kier molecular flexibility index (Phi) is 1.44. The molecule has 0 spiro atoms. The highest BCUT2D eigenvalue weighted by atomic mass is 32.2. The molecule has 0 aliphatic rings. The number of rotatable bonds is 0. The second-order valence-corrected chi connectivity index (χ2v) is 3.92. The smallest absolute Gasteiger partial charge is 0.164 e. The standard InChI is InChI=1S/C9H9OS/c1-7-6-11(10)9-5-3-2-4-8(7)9/h2-6,10H,1H3/q+1. The number of benzene rings is 1. The van der Waals surface area contributed by atoms with Gasteiger partial charge in [0.25, 0.3) is 0 Å². The van der Waals surface area contributed by atoms with Crippen LogP contribution in [0.4, 0.5) is 0 Å². The van der Waals surface area contributed by atoms with E-state index in [0.29, 0.717) is 0 Å². The molecule has 0 saturated heterocycles. The summed E-state index contributed by atoms with van der Waals surface area (Å²) in [7, 11) is -0.640. The van der Waals surface area contributed by atoms with E-state index in [1.54, 1.807) is 0 Å². The largest absolute Gasteiger partial charge is 0.217 e.